The predicted molar refractivity (Wildman–Crippen MR) is 114 cm³/mol. The molecule has 0 spiro atoms. The van der Waals surface area contributed by atoms with Crippen LogP contribution < -0.4 is 14.4 Å². The average Bonchev–Trinajstić information content (AvgIpc) is 3.22. The van der Waals surface area contributed by atoms with Gasteiger partial charge in [0, 0.05) is 35.7 Å². The van der Waals surface area contributed by atoms with Crippen LogP contribution in [0.2, 0.25) is 0 Å². The first-order valence-corrected chi connectivity index (χ1v) is 10.4. The Morgan fingerprint density at radius 1 is 1.35 bits per heavy atom. The Morgan fingerprint density at radius 3 is 2.74 bits per heavy atom. The third-order valence-electron chi connectivity index (χ3n) is 4.72. The van der Waals surface area contributed by atoms with E-state index >= 15 is 0 Å². The number of aromatic nitrogens is 4. The molecule has 1 atom stereocenters. The summed E-state index contributed by atoms with van der Waals surface area (Å²) in [6.07, 6.45) is -0.727. The fourth-order valence-electron chi connectivity index (χ4n) is 3.09. The van der Waals surface area contributed by atoms with Crippen LogP contribution in [0.5, 0.6) is 11.8 Å². The Balaban J connectivity index is 1.35. The van der Waals surface area contributed by atoms with Crippen LogP contribution in [0.25, 0.3) is 0 Å². The van der Waals surface area contributed by atoms with Crippen molar-refractivity contribution in [2.75, 3.05) is 18.6 Å². The second-order valence-electron chi connectivity index (χ2n) is 7.15. The monoisotopic (exact) mass is 544 g/mol. The largest absolute Gasteiger partial charge is 0.573 e. The molecule has 0 bridgehead atoms. The van der Waals surface area contributed by atoms with Gasteiger partial charge in [0.25, 0.3) is 0 Å². The minimum atomic E-state index is -4.79. The van der Waals surface area contributed by atoms with E-state index in [4.69, 9.17) is 9.47 Å². The molecule has 1 aliphatic heterocycles. The lowest BCUT2D eigenvalue weighted by molar-refractivity contribution is -0.389. The highest BCUT2D eigenvalue weighted by Gasteiger charge is 2.32. The number of benzene rings is 1. The molecule has 15 heteroatoms. The van der Waals surface area contributed by atoms with Crippen LogP contribution >= 0.6 is 15.9 Å². The van der Waals surface area contributed by atoms with Gasteiger partial charge in [-0.15, -0.1) is 13.2 Å². The summed E-state index contributed by atoms with van der Waals surface area (Å²) < 4.78 is 54.1. The highest BCUT2D eigenvalue weighted by Crippen LogP contribution is 2.34. The second-order valence-corrected chi connectivity index (χ2v) is 8.00. The number of nitrogens with zero attached hydrogens (tertiary/aromatic N) is 6. The maximum absolute atomic E-state index is 12.4. The zero-order chi connectivity index (χ0) is 24.5. The quantitative estimate of drug-likeness (QED) is 0.321. The van der Waals surface area contributed by atoms with Gasteiger partial charge in [-0.05, 0) is 39.1 Å². The van der Waals surface area contributed by atoms with E-state index in [0.29, 0.717) is 23.7 Å². The number of nitro groups is 1. The van der Waals surface area contributed by atoms with Crippen LogP contribution in [0, 0.1) is 10.1 Å². The van der Waals surface area contributed by atoms with Gasteiger partial charge in [0.15, 0.2) is 0 Å². The summed E-state index contributed by atoms with van der Waals surface area (Å²) in [6, 6.07) is 4.27. The molecule has 0 saturated heterocycles. The number of anilines is 2. The summed E-state index contributed by atoms with van der Waals surface area (Å²) in [5, 5.41) is 10.8. The first-order chi connectivity index (χ1) is 16.1. The van der Waals surface area contributed by atoms with E-state index in [-0.39, 0.29) is 41.4 Å². The van der Waals surface area contributed by atoms with Gasteiger partial charge in [-0.25, -0.2) is 9.97 Å². The van der Waals surface area contributed by atoms with Gasteiger partial charge in [0.1, 0.15) is 24.7 Å². The lowest BCUT2D eigenvalue weighted by atomic mass is 10.3. The fraction of sp³-hybridized carbons (Fsp3) is 0.316. The summed E-state index contributed by atoms with van der Waals surface area (Å²) in [5.41, 5.74) is 1.21. The lowest BCUT2D eigenvalue weighted by Gasteiger charge is -2.22. The number of rotatable bonds is 7. The fourth-order valence-corrected chi connectivity index (χ4v) is 3.54. The SMILES string of the molecule is CN(c1ccc(OC(F)(F)F)c(Br)c1)c1ncc(CO[C@@H]2COc3nc([N+](=O)[O-])cn3C2)cn1. The van der Waals surface area contributed by atoms with Gasteiger partial charge < -0.3 is 29.2 Å². The molecule has 34 heavy (non-hydrogen) atoms. The smallest absolute Gasteiger partial charge is 0.443 e. The molecule has 0 fully saturated rings. The van der Waals surface area contributed by atoms with Crippen molar-refractivity contribution in [3.8, 4) is 11.8 Å². The third-order valence-corrected chi connectivity index (χ3v) is 5.34. The molecular weight excluding hydrogens is 529 g/mol. The molecule has 3 aromatic rings. The van der Waals surface area contributed by atoms with Crippen molar-refractivity contribution < 1.29 is 32.3 Å². The third kappa shape index (κ3) is 5.53. The van der Waals surface area contributed by atoms with Gasteiger partial charge in [-0.2, -0.15) is 0 Å². The van der Waals surface area contributed by atoms with Crippen LogP contribution in [0.15, 0.2) is 41.3 Å². The van der Waals surface area contributed by atoms with Crippen molar-refractivity contribution >= 4 is 33.4 Å². The van der Waals surface area contributed by atoms with Crippen molar-refractivity contribution in [3.63, 3.8) is 0 Å². The van der Waals surface area contributed by atoms with Gasteiger partial charge in [-0.3, -0.25) is 4.57 Å². The summed E-state index contributed by atoms with van der Waals surface area (Å²) in [6.45, 7) is 0.721. The molecule has 0 aliphatic carbocycles. The maximum atomic E-state index is 12.4. The van der Waals surface area contributed by atoms with E-state index < -0.39 is 11.3 Å². The molecular formula is C19H16BrF3N6O5. The maximum Gasteiger partial charge on any atom is 0.573 e. The van der Waals surface area contributed by atoms with Gasteiger partial charge in [-0.1, -0.05) is 0 Å². The molecule has 0 N–H and O–H groups in total. The van der Waals surface area contributed by atoms with E-state index in [1.807, 2.05) is 0 Å². The van der Waals surface area contributed by atoms with E-state index in [1.165, 1.54) is 29.0 Å². The highest BCUT2D eigenvalue weighted by atomic mass is 79.9. The predicted octanol–water partition coefficient (Wildman–Crippen LogP) is 3.99. The van der Waals surface area contributed by atoms with Crippen LogP contribution in [0.4, 0.5) is 30.6 Å². The lowest BCUT2D eigenvalue weighted by Crippen LogP contribution is -2.32. The molecule has 1 aromatic carbocycles. The number of ether oxygens (including phenoxy) is 3. The number of fused-ring (bicyclic) bond motifs is 1. The molecule has 0 amide bonds. The highest BCUT2D eigenvalue weighted by molar-refractivity contribution is 9.10. The van der Waals surface area contributed by atoms with E-state index in [2.05, 4.69) is 35.6 Å². The van der Waals surface area contributed by atoms with E-state index in [9.17, 15) is 23.3 Å². The second kappa shape index (κ2) is 9.42. The van der Waals surface area contributed by atoms with E-state index in [1.54, 1.807) is 24.3 Å². The van der Waals surface area contributed by atoms with Gasteiger partial charge in [0.05, 0.1) is 17.6 Å². The Bertz CT molecular complexity index is 1190. The number of alkyl halides is 3. The molecule has 0 unspecified atom stereocenters. The van der Waals surface area contributed by atoms with Crippen molar-refractivity contribution in [1.29, 1.82) is 0 Å². The summed E-state index contributed by atoms with van der Waals surface area (Å²) in [5.74, 6) is -0.336. The molecule has 0 radical (unpaired) electrons. The minimum absolute atomic E-state index is 0.125. The zero-order valence-electron chi connectivity index (χ0n) is 17.4. The summed E-state index contributed by atoms with van der Waals surface area (Å²) >= 11 is 3.07. The average molecular weight is 545 g/mol. The first kappa shape index (κ1) is 23.7. The summed E-state index contributed by atoms with van der Waals surface area (Å²) in [4.78, 5) is 24.2. The number of halogens is 4. The van der Waals surface area contributed by atoms with E-state index in [0.717, 1.165) is 0 Å². The minimum Gasteiger partial charge on any atom is -0.443 e. The van der Waals surface area contributed by atoms with Crippen molar-refractivity contribution in [2.45, 2.75) is 25.6 Å². The standard InChI is InChI=1S/C19H16BrF3N6O5/c1-27(12-2-3-15(14(20)4-12)34-19(21,22)23)17-24-5-11(6-25-17)9-32-13-7-28-8-16(29(30)31)26-18(28)33-10-13/h2-6,8,13H,7,9-10H2,1H3/t13-/m0/s1. The van der Waals surface area contributed by atoms with Crippen molar-refractivity contribution in [2.24, 2.45) is 0 Å². The Labute approximate surface area is 198 Å². The van der Waals surface area contributed by atoms with Gasteiger partial charge >= 0.3 is 18.2 Å². The Morgan fingerprint density at radius 2 is 2.09 bits per heavy atom. The molecule has 0 saturated carbocycles. The van der Waals surface area contributed by atoms with Gasteiger partial charge in [0.2, 0.25) is 5.95 Å². The van der Waals surface area contributed by atoms with Crippen molar-refractivity contribution in [1.82, 2.24) is 19.5 Å². The molecule has 3 heterocycles. The molecule has 4 rings (SSSR count). The molecule has 11 nitrogen and oxygen atoms in total. The topological polar surface area (TPSA) is 118 Å². The Kier molecular flexibility index (Phi) is 6.56. The van der Waals surface area contributed by atoms with Crippen LogP contribution in [0.3, 0.4) is 0 Å². The normalized spacial score (nSPS) is 15.4. The number of hydrogen-bond donors (Lipinski definition) is 0. The Hall–Kier alpha value is -3.46. The molecule has 1 aliphatic rings. The number of imidazole rings is 1. The molecule has 180 valence electrons. The van der Waals surface area contributed by atoms with Crippen LogP contribution in [0.1, 0.15) is 5.56 Å². The summed E-state index contributed by atoms with van der Waals surface area (Å²) in [7, 11) is 1.67. The molecule has 2 aromatic heterocycles. The van der Waals surface area contributed by atoms with Crippen molar-refractivity contribution in [3.05, 3.63) is 56.9 Å². The number of hydrogen-bond acceptors (Lipinski definition) is 9. The van der Waals surface area contributed by atoms with Crippen LogP contribution in [-0.2, 0) is 17.9 Å². The van der Waals surface area contributed by atoms with Crippen LogP contribution in [-0.4, -0.2) is 50.6 Å². The first-order valence-electron chi connectivity index (χ1n) is 9.65. The zero-order valence-corrected chi connectivity index (χ0v) is 19.0.